The molecule has 0 spiro atoms. The summed E-state index contributed by atoms with van der Waals surface area (Å²) in [5, 5.41) is 2.69. The van der Waals surface area contributed by atoms with Crippen molar-refractivity contribution in [2.24, 2.45) is 0 Å². The van der Waals surface area contributed by atoms with Crippen LogP contribution in [-0.2, 0) is 9.59 Å². The summed E-state index contributed by atoms with van der Waals surface area (Å²) < 4.78 is 0. The molecule has 0 aliphatic heterocycles. The lowest BCUT2D eigenvalue weighted by Gasteiger charge is -2.34. The van der Waals surface area contributed by atoms with Crippen LogP contribution in [0.1, 0.15) is 48.0 Å². The average Bonchev–Trinajstić information content (AvgIpc) is 2.16. The van der Waals surface area contributed by atoms with Crippen LogP contribution in [0.3, 0.4) is 0 Å². The maximum Gasteiger partial charge on any atom is 0.312 e. The number of hydrogen-bond donors (Lipinski definition) is 1. The number of likely N-dealkylation sites (N-methyl/N-ethyl adjacent to an activating group) is 1. The molecule has 0 saturated carbocycles. The van der Waals surface area contributed by atoms with Gasteiger partial charge in [0.25, 0.3) is 0 Å². The first-order chi connectivity index (χ1) is 7.23. The second-order valence-electron chi connectivity index (χ2n) is 5.00. The molecule has 0 radical (unpaired) electrons. The van der Waals surface area contributed by atoms with Crippen molar-refractivity contribution in [2.75, 3.05) is 6.54 Å². The first-order valence-electron chi connectivity index (χ1n) is 5.86. The Balaban J connectivity index is 4.59. The molecule has 0 bridgehead atoms. The van der Waals surface area contributed by atoms with E-state index < -0.39 is 11.8 Å². The van der Waals surface area contributed by atoms with Gasteiger partial charge in [0.05, 0.1) is 0 Å². The first kappa shape index (κ1) is 14.9. The fraction of sp³-hybridized carbons (Fsp3) is 0.833. The minimum Gasteiger partial charge on any atom is -0.345 e. The number of carbonyl (C=O) groups is 2. The van der Waals surface area contributed by atoms with Crippen molar-refractivity contribution in [2.45, 2.75) is 59.5 Å². The van der Waals surface area contributed by atoms with Gasteiger partial charge in [-0.05, 0) is 41.0 Å². The lowest BCUT2D eigenvalue weighted by molar-refractivity contribution is -0.149. The van der Waals surface area contributed by atoms with Crippen LogP contribution in [0.4, 0.5) is 0 Å². The molecule has 0 aliphatic carbocycles. The van der Waals surface area contributed by atoms with E-state index in [0.717, 1.165) is 6.42 Å². The van der Waals surface area contributed by atoms with Gasteiger partial charge in [0.1, 0.15) is 0 Å². The van der Waals surface area contributed by atoms with Crippen LogP contribution < -0.4 is 5.32 Å². The zero-order valence-electron chi connectivity index (χ0n) is 11.3. The van der Waals surface area contributed by atoms with Crippen LogP contribution in [0, 0.1) is 0 Å². The molecule has 0 aromatic carbocycles. The van der Waals surface area contributed by atoms with Crippen molar-refractivity contribution in [1.82, 2.24) is 10.2 Å². The smallest absolute Gasteiger partial charge is 0.312 e. The Morgan fingerprint density at radius 2 is 1.75 bits per heavy atom. The number of nitrogens with zero attached hydrogens (tertiary/aromatic N) is 1. The maximum atomic E-state index is 11.9. The van der Waals surface area contributed by atoms with Crippen molar-refractivity contribution < 1.29 is 9.59 Å². The van der Waals surface area contributed by atoms with Gasteiger partial charge < -0.3 is 10.2 Å². The summed E-state index contributed by atoms with van der Waals surface area (Å²) in [4.78, 5) is 25.1. The Kier molecular flexibility index (Phi) is 5.48. The summed E-state index contributed by atoms with van der Waals surface area (Å²) in [6.07, 6.45) is 0.820. The van der Waals surface area contributed by atoms with Crippen molar-refractivity contribution >= 4 is 11.8 Å². The number of rotatable bonds is 3. The highest BCUT2D eigenvalue weighted by Gasteiger charge is 2.29. The van der Waals surface area contributed by atoms with Crippen LogP contribution in [0.2, 0.25) is 0 Å². The standard InChI is InChI=1S/C12H24N2O2/c1-7-9(3)13-10(15)11(16)14(8-2)12(4,5)6/h9H,7-8H2,1-6H3,(H,13,15). The van der Waals surface area contributed by atoms with Gasteiger partial charge in [-0.15, -0.1) is 0 Å². The quantitative estimate of drug-likeness (QED) is 0.745. The molecule has 4 nitrogen and oxygen atoms in total. The van der Waals surface area contributed by atoms with Crippen molar-refractivity contribution in [1.29, 1.82) is 0 Å². The first-order valence-corrected chi connectivity index (χ1v) is 5.86. The molecule has 2 amide bonds. The summed E-state index contributed by atoms with van der Waals surface area (Å²) in [6, 6.07) is 0.0372. The zero-order valence-corrected chi connectivity index (χ0v) is 11.3. The average molecular weight is 228 g/mol. The van der Waals surface area contributed by atoms with Crippen molar-refractivity contribution in [3.05, 3.63) is 0 Å². The fourth-order valence-electron chi connectivity index (χ4n) is 1.43. The van der Waals surface area contributed by atoms with Crippen LogP contribution in [0.5, 0.6) is 0 Å². The molecule has 0 rings (SSSR count). The Labute approximate surface area is 98.4 Å². The topological polar surface area (TPSA) is 49.4 Å². The molecule has 16 heavy (non-hydrogen) atoms. The molecule has 0 heterocycles. The van der Waals surface area contributed by atoms with E-state index in [0.29, 0.717) is 6.54 Å². The molecular formula is C12H24N2O2. The Hall–Kier alpha value is -1.06. The third-order valence-electron chi connectivity index (χ3n) is 2.56. The predicted octanol–water partition coefficient (Wildman–Crippen LogP) is 1.55. The van der Waals surface area contributed by atoms with E-state index in [1.54, 1.807) is 4.90 Å². The third-order valence-corrected chi connectivity index (χ3v) is 2.56. The van der Waals surface area contributed by atoms with Gasteiger partial charge in [0, 0.05) is 18.1 Å². The second-order valence-corrected chi connectivity index (χ2v) is 5.00. The van der Waals surface area contributed by atoms with Crippen LogP contribution in [-0.4, -0.2) is 34.8 Å². The van der Waals surface area contributed by atoms with Gasteiger partial charge in [0.2, 0.25) is 0 Å². The Morgan fingerprint density at radius 3 is 2.06 bits per heavy atom. The number of nitrogens with one attached hydrogen (secondary N) is 1. The van der Waals surface area contributed by atoms with Crippen LogP contribution in [0.25, 0.3) is 0 Å². The van der Waals surface area contributed by atoms with E-state index in [-0.39, 0.29) is 11.6 Å². The number of hydrogen-bond acceptors (Lipinski definition) is 2. The lowest BCUT2D eigenvalue weighted by Crippen LogP contribution is -2.52. The van der Waals surface area contributed by atoms with Gasteiger partial charge in [0.15, 0.2) is 0 Å². The molecule has 1 unspecified atom stereocenters. The van der Waals surface area contributed by atoms with Gasteiger partial charge in [-0.2, -0.15) is 0 Å². The summed E-state index contributed by atoms with van der Waals surface area (Å²) in [5.74, 6) is -0.957. The molecule has 0 aliphatic rings. The minimum atomic E-state index is -0.508. The van der Waals surface area contributed by atoms with E-state index in [4.69, 9.17) is 0 Å². The van der Waals surface area contributed by atoms with Crippen molar-refractivity contribution in [3.8, 4) is 0 Å². The molecule has 94 valence electrons. The Bertz CT molecular complexity index is 256. The molecule has 0 aromatic heterocycles. The van der Waals surface area contributed by atoms with Crippen LogP contribution in [0.15, 0.2) is 0 Å². The predicted molar refractivity (Wildman–Crippen MR) is 65.0 cm³/mol. The molecule has 0 aromatic rings. The SMILES string of the molecule is CCC(C)NC(=O)C(=O)N(CC)C(C)(C)C. The third kappa shape index (κ3) is 4.21. The second kappa shape index (κ2) is 5.87. The van der Waals surface area contributed by atoms with Crippen LogP contribution >= 0.6 is 0 Å². The molecule has 4 heteroatoms. The van der Waals surface area contributed by atoms with Gasteiger partial charge in [-0.3, -0.25) is 9.59 Å². The largest absolute Gasteiger partial charge is 0.345 e. The normalized spacial score (nSPS) is 13.1. The number of carbonyl (C=O) groups excluding carboxylic acids is 2. The summed E-state index contributed by atoms with van der Waals surface area (Å²) in [6.45, 7) is 12.0. The highest BCUT2D eigenvalue weighted by molar-refractivity contribution is 6.35. The summed E-state index contributed by atoms with van der Waals surface area (Å²) >= 11 is 0. The van der Waals surface area contributed by atoms with E-state index >= 15 is 0 Å². The Morgan fingerprint density at radius 1 is 1.25 bits per heavy atom. The van der Waals surface area contributed by atoms with E-state index in [1.807, 2.05) is 41.5 Å². The zero-order chi connectivity index (χ0) is 12.9. The lowest BCUT2D eigenvalue weighted by atomic mass is 10.1. The summed E-state index contributed by atoms with van der Waals surface area (Å²) in [7, 11) is 0. The van der Waals surface area contributed by atoms with Crippen molar-refractivity contribution in [3.63, 3.8) is 0 Å². The molecule has 1 atom stereocenters. The van der Waals surface area contributed by atoms with E-state index in [9.17, 15) is 9.59 Å². The monoisotopic (exact) mass is 228 g/mol. The molecule has 0 saturated heterocycles. The van der Waals surface area contributed by atoms with Gasteiger partial charge in [-0.25, -0.2) is 0 Å². The molecular weight excluding hydrogens is 204 g/mol. The molecule has 0 fully saturated rings. The van der Waals surface area contributed by atoms with E-state index in [1.165, 1.54) is 0 Å². The van der Waals surface area contributed by atoms with Gasteiger partial charge >= 0.3 is 11.8 Å². The fourth-order valence-corrected chi connectivity index (χ4v) is 1.43. The number of amides is 2. The minimum absolute atomic E-state index is 0.0372. The highest BCUT2D eigenvalue weighted by atomic mass is 16.2. The summed E-state index contributed by atoms with van der Waals surface area (Å²) in [5.41, 5.74) is -0.321. The van der Waals surface area contributed by atoms with Gasteiger partial charge in [-0.1, -0.05) is 6.92 Å². The highest BCUT2D eigenvalue weighted by Crippen LogP contribution is 2.12. The maximum absolute atomic E-state index is 11.9. The van der Waals surface area contributed by atoms with E-state index in [2.05, 4.69) is 5.32 Å². The molecule has 1 N–H and O–H groups in total.